The second kappa shape index (κ2) is 10.1. The molecular formula is C22H29N3O4. The Kier molecular flexibility index (Phi) is 7.30. The monoisotopic (exact) mass is 399 g/mol. The Labute approximate surface area is 171 Å². The van der Waals surface area contributed by atoms with Crippen LogP contribution in [0.4, 0.5) is 0 Å². The number of carbonyl (C=O) groups is 1. The van der Waals surface area contributed by atoms with E-state index in [1.165, 1.54) is 0 Å². The SMILES string of the molecule is COc1ccc(CNC(=O)[C@H]2CNC[C@@H](COc3ccc(C)nc3)C2)cc1OC. The van der Waals surface area contributed by atoms with Crippen LogP contribution in [0.25, 0.3) is 0 Å². The number of piperidine rings is 1. The zero-order valence-electron chi connectivity index (χ0n) is 17.2. The first-order chi connectivity index (χ1) is 14.1. The molecule has 156 valence electrons. The van der Waals surface area contributed by atoms with Crippen molar-refractivity contribution in [1.82, 2.24) is 15.6 Å². The fourth-order valence-electron chi connectivity index (χ4n) is 3.44. The number of rotatable bonds is 8. The van der Waals surface area contributed by atoms with E-state index in [-0.39, 0.29) is 17.7 Å². The van der Waals surface area contributed by atoms with Crippen LogP contribution in [-0.2, 0) is 11.3 Å². The molecule has 2 atom stereocenters. The minimum Gasteiger partial charge on any atom is -0.493 e. The van der Waals surface area contributed by atoms with Crippen LogP contribution in [0.15, 0.2) is 36.5 Å². The number of nitrogens with zero attached hydrogens (tertiary/aromatic N) is 1. The van der Waals surface area contributed by atoms with Crippen molar-refractivity contribution < 1.29 is 19.0 Å². The summed E-state index contributed by atoms with van der Waals surface area (Å²) in [6.07, 6.45) is 2.53. The van der Waals surface area contributed by atoms with Gasteiger partial charge >= 0.3 is 0 Å². The Hall–Kier alpha value is -2.80. The van der Waals surface area contributed by atoms with Crippen molar-refractivity contribution in [2.75, 3.05) is 33.9 Å². The van der Waals surface area contributed by atoms with E-state index in [2.05, 4.69) is 15.6 Å². The van der Waals surface area contributed by atoms with Crippen molar-refractivity contribution in [3.63, 3.8) is 0 Å². The number of aromatic nitrogens is 1. The van der Waals surface area contributed by atoms with Crippen molar-refractivity contribution in [1.29, 1.82) is 0 Å². The molecular weight excluding hydrogens is 370 g/mol. The number of carbonyl (C=O) groups excluding carboxylic acids is 1. The Morgan fingerprint density at radius 3 is 2.72 bits per heavy atom. The maximum Gasteiger partial charge on any atom is 0.224 e. The van der Waals surface area contributed by atoms with Gasteiger partial charge in [0, 0.05) is 31.2 Å². The number of benzene rings is 1. The van der Waals surface area contributed by atoms with E-state index in [1.807, 2.05) is 37.3 Å². The van der Waals surface area contributed by atoms with Crippen molar-refractivity contribution in [2.45, 2.75) is 19.9 Å². The molecule has 29 heavy (non-hydrogen) atoms. The summed E-state index contributed by atoms with van der Waals surface area (Å²) in [5.41, 5.74) is 1.93. The van der Waals surface area contributed by atoms with Crippen LogP contribution in [0.1, 0.15) is 17.7 Å². The van der Waals surface area contributed by atoms with Crippen molar-refractivity contribution in [3.8, 4) is 17.2 Å². The van der Waals surface area contributed by atoms with E-state index in [4.69, 9.17) is 14.2 Å². The van der Waals surface area contributed by atoms with Crippen molar-refractivity contribution in [3.05, 3.63) is 47.8 Å². The van der Waals surface area contributed by atoms with Crippen LogP contribution in [0.3, 0.4) is 0 Å². The topological polar surface area (TPSA) is 81.7 Å². The number of hydrogen-bond donors (Lipinski definition) is 2. The van der Waals surface area contributed by atoms with Gasteiger partial charge in [-0.2, -0.15) is 0 Å². The number of nitrogens with one attached hydrogen (secondary N) is 2. The lowest BCUT2D eigenvalue weighted by Gasteiger charge is -2.29. The van der Waals surface area contributed by atoms with Gasteiger partial charge in [0.05, 0.1) is 32.9 Å². The standard InChI is InChI=1S/C22H29N3O4/c1-15-4-6-19(13-24-15)29-14-17-8-18(12-23-10-17)22(26)25-11-16-5-7-20(27-2)21(9-16)28-3/h4-7,9,13,17-18,23H,8,10-12,14H2,1-3H3,(H,25,26)/t17-,18+/m0/s1. The maximum atomic E-state index is 12.6. The number of amides is 1. The lowest BCUT2D eigenvalue weighted by Crippen LogP contribution is -2.45. The summed E-state index contributed by atoms with van der Waals surface area (Å²) in [6, 6.07) is 9.50. The molecule has 1 aliphatic heterocycles. The highest BCUT2D eigenvalue weighted by Crippen LogP contribution is 2.27. The molecule has 0 saturated carbocycles. The van der Waals surface area contributed by atoms with Gasteiger partial charge < -0.3 is 24.8 Å². The number of pyridine rings is 1. The molecule has 3 rings (SSSR count). The normalized spacial score (nSPS) is 18.7. The molecule has 1 aromatic carbocycles. The van der Waals surface area contributed by atoms with E-state index in [9.17, 15) is 4.79 Å². The smallest absolute Gasteiger partial charge is 0.224 e. The number of aryl methyl sites for hydroxylation is 1. The molecule has 2 heterocycles. The van der Waals surface area contributed by atoms with E-state index in [1.54, 1.807) is 20.4 Å². The van der Waals surface area contributed by atoms with Crippen LogP contribution in [0.2, 0.25) is 0 Å². The molecule has 0 radical (unpaired) electrons. The van der Waals surface area contributed by atoms with Gasteiger partial charge in [0.1, 0.15) is 5.75 Å². The van der Waals surface area contributed by atoms with Crippen molar-refractivity contribution in [2.24, 2.45) is 11.8 Å². The van der Waals surface area contributed by atoms with Crippen LogP contribution < -0.4 is 24.8 Å². The molecule has 2 aromatic rings. The third-order valence-corrected chi connectivity index (χ3v) is 5.10. The highest BCUT2D eigenvalue weighted by molar-refractivity contribution is 5.79. The average molecular weight is 399 g/mol. The minimum absolute atomic E-state index is 0.0500. The largest absolute Gasteiger partial charge is 0.493 e. The second-order valence-electron chi connectivity index (χ2n) is 7.31. The Morgan fingerprint density at radius 1 is 1.17 bits per heavy atom. The van der Waals surface area contributed by atoms with E-state index in [0.717, 1.165) is 30.0 Å². The summed E-state index contributed by atoms with van der Waals surface area (Å²) < 4.78 is 16.4. The van der Waals surface area contributed by atoms with Gasteiger partial charge in [-0.15, -0.1) is 0 Å². The van der Waals surface area contributed by atoms with Gasteiger partial charge in [-0.05, 0) is 43.2 Å². The first-order valence-electron chi connectivity index (χ1n) is 9.83. The summed E-state index contributed by atoms with van der Waals surface area (Å²) in [7, 11) is 3.20. The number of ether oxygens (including phenoxy) is 3. The molecule has 2 N–H and O–H groups in total. The first-order valence-corrected chi connectivity index (χ1v) is 9.83. The van der Waals surface area contributed by atoms with E-state index in [0.29, 0.717) is 31.2 Å². The molecule has 0 unspecified atom stereocenters. The summed E-state index contributed by atoms with van der Waals surface area (Å²) >= 11 is 0. The van der Waals surface area contributed by atoms with Crippen LogP contribution in [0.5, 0.6) is 17.2 Å². The zero-order chi connectivity index (χ0) is 20.6. The third-order valence-electron chi connectivity index (χ3n) is 5.10. The molecule has 0 spiro atoms. The molecule has 0 bridgehead atoms. The van der Waals surface area contributed by atoms with E-state index >= 15 is 0 Å². The first kappa shape index (κ1) is 20.9. The van der Waals surface area contributed by atoms with Gasteiger partial charge in [0.25, 0.3) is 0 Å². The van der Waals surface area contributed by atoms with Crippen LogP contribution in [0, 0.1) is 18.8 Å². The quantitative estimate of drug-likeness (QED) is 0.709. The highest BCUT2D eigenvalue weighted by atomic mass is 16.5. The summed E-state index contributed by atoms with van der Waals surface area (Å²) in [6.45, 7) is 4.49. The predicted molar refractivity (Wildman–Crippen MR) is 110 cm³/mol. The Balaban J connectivity index is 1.48. The van der Waals surface area contributed by atoms with Crippen LogP contribution in [-0.4, -0.2) is 44.8 Å². The lowest BCUT2D eigenvalue weighted by atomic mass is 9.90. The van der Waals surface area contributed by atoms with Gasteiger partial charge in [0.15, 0.2) is 11.5 Å². The molecule has 7 nitrogen and oxygen atoms in total. The lowest BCUT2D eigenvalue weighted by molar-refractivity contribution is -0.126. The van der Waals surface area contributed by atoms with Crippen molar-refractivity contribution >= 4 is 5.91 Å². The van der Waals surface area contributed by atoms with Gasteiger partial charge in [0.2, 0.25) is 5.91 Å². The third kappa shape index (κ3) is 5.84. The number of hydrogen-bond acceptors (Lipinski definition) is 6. The molecule has 7 heteroatoms. The summed E-state index contributed by atoms with van der Waals surface area (Å²) in [5, 5.41) is 6.38. The minimum atomic E-state index is -0.0753. The average Bonchev–Trinajstić information content (AvgIpc) is 2.77. The zero-order valence-corrected chi connectivity index (χ0v) is 17.2. The highest BCUT2D eigenvalue weighted by Gasteiger charge is 2.27. The fraction of sp³-hybridized carbons (Fsp3) is 0.455. The Bertz CT molecular complexity index is 810. The van der Waals surface area contributed by atoms with Crippen LogP contribution >= 0.6 is 0 Å². The molecule has 1 aromatic heterocycles. The fourth-order valence-corrected chi connectivity index (χ4v) is 3.44. The number of methoxy groups -OCH3 is 2. The van der Waals surface area contributed by atoms with Gasteiger partial charge in [-0.1, -0.05) is 6.07 Å². The van der Waals surface area contributed by atoms with Gasteiger partial charge in [-0.25, -0.2) is 0 Å². The maximum absolute atomic E-state index is 12.6. The van der Waals surface area contributed by atoms with E-state index < -0.39 is 0 Å². The molecule has 1 amide bonds. The second-order valence-corrected chi connectivity index (χ2v) is 7.31. The Morgan fingerprint density at radius 2 is 2.00 bits per heavy atom. The molecule has 0 aliphatic carbocycles. The molecule has 1 aliphatic rings. The molecule has 1 fully saturated rings. The van der Waals surface area contributed by atoms with Gasteiger partial charge in [-0.3, -0.25) is 9.78 Å². The summed E-state index contributed by atoms with van der Waals surface area (Å²) in [5.74, 6) is 2.34. The summed E-state index contributed by atoms with van der Waals surface area (Å²) in [4.78, 5) is 16.9. The predicted octanol–water partition coefficient (Wildman–Crippen LogP) is 2.33. The molecule has 1 saturated heterocycles.